The topological polar surface area (TPSA) is 55.1 Å². The lowest BCUT2D eigenvalue weighted by Gasteiger charge is -2.13. The van der Waals surface area contributed by atoms with Crippen molar-refractivity contribution in [1.29, 1.82) is 0 Å². The summed E-state index contributed by atoms with van der Waals surface area (Å²) >= 11 is 0. The van der Waals surface area contributed by atoms with Crippen molar-refractivity contribution >= 4 is 5.97 Å². The second-order valence-corrected chi connectivity index (χ2v) is 4.81. The largest absolute Gasteiger partial charge is 0.481 e. The minimum atomic E-state index is -2.99. The summed E-state index contributed by atoms with van der Waals surface area (Å²) in [5.74, 6) is -3.96. The third-order valence-corrected chi connectivity index (χ3v) is 3.16. The van der Waals surface area contributed by atoms with Gasteiger partial charge in [0.05, 0.1) is 17.4 Å². The van der Waals surface area contributed by atoms with Crippen LogP contribution in [0.15, 0.2) is 42.7 Å². The van der Waals surface area contributed by atoms with Gasteiger partial charge < -0.3 is 5.11 Å². The normalized spacial score (nSPS) is 11.5. The molecule has 21 heavy (non-hydrogen) atoms. The Labute approximate surface area is 121 Å². The SMILES string of the molecule is O=C(O)CCCCC(F)(F)c1cnn(-c2ccccc2)c1. The zero-order valence-electron chi connectivity index (χ0n) is 11.4. The maximum absolute atomic E-state index is 14.0. The Morgan fingerprint density at radius 1 is 1.24 bits per heavy atom. The second kappa shape index (κ2) is 6.47. The molecule has 0 saturated heterocycles. The van der Waals surface area contributed by atoms with Crippen LogP contribution >= 0.6 is 0 Å². The van der Waals surface area contributed by atoms with Crippen LogP contribution in [0.25, 0.3) is 5.69 Å². The number of unbranched alkanes of at least 4 members (excludes halogenated alkanes) is 1. The number of aromatic nitrogens is 2. The lowest BCUT2D eigenvalue weighted by Crippen LogP contribution is -2.12. The molecule has 2 rings (SSSR count). The van der Waals surface area contributed by atoms with Crippen LogP contribution < -0.4 is 0 Å². The predicted octanol–water partition coefficient (Wildman–Crippen LogP) is 3.61. The van der Waals surface area contributed by atoms with Crippen LogP contribution in [0.1, 0.15) is 31.2 Å². The first-order valence-corrected chi connectivity index (χ1v) is 6.69. The molecular weight excluding hydrogens is 278 g/mol. The minimum absolute atomic E-state index is 0.0840. The van der Waals surface area contributed by atoms with Crippen LogP contribution in [0.2, 0.25) is 0 Å². The van der Waals surface area contributed by atoms with E-state index in [9.17, 15) is 13.6 Å². The number of carbonyl (C=O) groups is 1. The number of carboxylic acid groups (broad SMARTS) is 1. The molecule has 1 aromatic carbocycles. The molecule has 2 aromatic rings. The van der Waals surface area contributed by atoms with Crippen molar-refractivity contribution < 1.29 is 18.7 Å². The molecule has 0 aliphatic carbocycles. The van der Waals surface area contributed by atoms with E-state index in [0.29, 0.717) is 5.69 Å². The summed E-state index contributed by atoms with van der Waals surface area (Å²) in [7, 11) is 0. The van der Waals surface area contributed by atoms with Crippen molar-refractivity contribution in [2.24, 2.45) is 0 Å². The molecule has 0 bridgehead atoms. The van der Waals surface area contributed by atoms with Crippen LogP contribution in [0.3, 0.4) is 0 Å². The molecule has 0 radical (unpaired) electrons. The number of aliphatic carboxylic acids is 1. The Kier molecular flexibility index (Phi) is 4.67. The first-order chi connectivity index (χ1) is 9.99. The van der Waals surface area contributed by atoms with Gasteiger partial charge in [-0.25, -0.2) is 13.5 Å². The van der Waals surface area contributed by atoms with Gasteiger partial charge in [0.2, 0.25) is 0 Å². The number of alkyl halides is 2. The van der Waals surface area contributed by atoms with Gasteiger partial charge in [-0.15, -0.1) is 0 Å². The van der Waals surface area contributed by atoms with Crippen molar-refractivity contribution in [3.05, 3.63) is 48.3 Å². The standard InChI is InChI=1S/C15H16F2N2O2/c16-15(17,9-5-4-8-14(20)21)12-10-18-19(11-12)13-6-2-1-3-7-13/h1-3,6-7,10-11H,4-5,8-9H2,(H,20,21). The third kappa shape index (κ3) is 4.11. The summed E-state index contributed by atoms with van der Waals surface area (Å²) in [5, 5.41) is 12.4. The number of para-hydroxylation sites is 1. The van der Waals surface area contributed by atoms with Gasteiger partial charge in [0, 0.05) is 19.0 Å². The second-order valence-electron chi connectivity index (χ2n) is 4.81. The van der Waals surface area contributed by atoms with Crippen molar-refractivity contribution in [2.45, 2.75) is 31.6 Å². The van der Waals surface area contributed by atoms with Crippen molar-refractivity contribution in [2.75, 3.05) is 0 Å². The molecule has 0 atom stereocenters. The number of nitrogens with zero attached hydrogens (tertiary/aromatic N) is 2. The Hall–Kier alpha value is -2.24. The average molecular weight is 294 g/mol. The van der Waals surface area contributed by atoms with Gasteiger partial charge >= 0.3 is 5.97 Å². The summed E-state index contributed by atoms with van der Waals surface area (Å²) in [6, 6.07) is 9.01. The molecule has 0 unspecified atom stereocenters. The molecule has 0 spiro atoms. The molecule has 112 valence electrons. The highest BCUT2D eigenvalue weighted by Gasteiger charge is 2.32. The zero-order chi connectivity index (χ0) is 15.3. The van der Waals surface area contributed by atoms with Gasteiger partial charge in [-0.05, 0) is 25.0 Å². The number of benzene rings is 1. The van der Waals surface area contributed by atoms with Crippen molar-refractivity contribution in [3.63, 3.8) is 0 Å². The highest BCUT2D eigenvalue weighted by molar-refractivity contribution is 5.66. The van der Waals surface area contributed by atoms with Crippen molar-refractivity contribution in [1.82, 2.24) is 9.78 Å². The summed E-state index contributed by atoms with van der Waals surface area (Å²) in [5.41, 5.74) is 0.562. The van der Waals surface area contributed by atoms with Crippen LogP contribution in [0, 0.1) is 0 Å². The molecular formula is C15H16F2N2O2. The molecule has 1 aromatic heterocycles. The molecule has 1 heterocycles. The molecule has 6 heteroatoms. The van der Waals surface area contributed by atoms with Gasteiger partial charge in [0.15, 0.2) is 0 Å². The molecule has 4 nitrogen and oxygen atoms in total. The lowest BCUT2D eigenvalue weighted by atomic mass is 10.1. The zero-order valence-corrected chi connectivity index (χ0v) is 11.4. The summed E-state index contributed by atoms with van der Waals surface area (Å²) in [6.07, 6.45) is 2.42. The third-order valence-electron chi connectivity index (χ3n) is 3.16. The predicted molar refractivity (Wildman–Crippen MR) is 73.6 cm³/mol. The number of halogens is 2. The minimum Gasteiger partial charge on any atom is -0.481 e. The quantitative estimate of drug-likeness (QED) is 0.794. The van der Waals surface area contributed by atoms with E-state index in [-0.39, 0.29) is 31.2 Å². The molecule has 0 aliphatic rings. The van der Waals surface area contributed by atoms with Gasteiger partial charge in [-0.2, -0.15) is 5.10 Å². The number of rotatable bonds is 7. The van der Waals surface area contributed by atoms with E-state index in [4.69, 9.17) is 5.11 Å². The van der Waals surface area contributed by atoms with E-state index in [2.05, 4.69) is 5.10 Å². The monoisotopic (exact) mass is 294 g/mol. The Balaban J connectivity index is 2.00. The summed E-state index contributed by atoms with van der Waals surface area (Å²) in [6.45, 7) is 0. The van der Waals surface area contributed by atoms with Gasteiger partial charge in [0.1, 0.15) is 0 Å². The Morgan fingerprint density at radius 2 is 1.95 bits per heavy atom. The van der Waals surface area contributed by atoms with E-state index in [1.807, 2.05) is 6.07 Å². The average Bonchev–Trinajstić information content (AvgIpc) is 2.95. The molecule has 0 aliphatic heterocycles. The Morgan fingerprint density at radius 3 is 2.62 bits per heavy atom. The first kappa shape index (κ1) is 15.2. The van der Waals surface area contributed by atoms with E-state index in [1.165, 1.54) is 10.9 Å². The van der Waals surface area contributed by atoms with E-state index in [0.717, 1.165) is 6.20 Å². The van der Waals surface area contributed by atoms with E-state index < -0.39 is 11.9 Å². The maximum Gasteiger partial charge on any atom is 0.303 e. The summed E-state index contributed by atoms with van der Waals surface area (Å²) < 4.78 is 29.4. The maximum atomic E-state index is 14.0. The smallest absolute Gasteiger partial charge is 0.303 e. The highest BCUT2D eigenvalue weighted by Crippen LogP contribution is 2.33. The number of carboxylic acids is 1. The van der Waals surface area contributed by atoms with E-state index >= 15 is 0 Å². The van der Waals surface area contributed by atoms with E-state index in [1.54, 1.807) is 24.3 Å². The molecule has 0 amide bonds. The molecule has 0 saturated carbocycles. The first-order valence-electron chi connectivity index (χ1n) is 6.69. The fourth-order valence-corrected chi connectivity index (χ4v) is 2.00. The highest BCUT2D eigenvalue weighted by atomic mass is 19.3. The summed E-state index contributed by atoms with van der Waals surface area (Å²) in [4.78, 5) is 10.4. The van der Waals surface area contributed by atoms with Crippen LogP contribution in [0.5, 0.6) is 0 Å². The fraction of sp³-hybridized carbons (Fsp3) is 0.333. The Bertz CT molecular complexity index is 597. The van der Waals surface area contributed by atoms with Gasteiger partial charge in [-0.3, -0.25) is 4.79 Å². The lowest BCUT2D eigenvalue weighted by molar-refractivity contribution is -0.137. The fourth-order valence-electron chi connectivity index (χ4n) is 2.00. The van der Waals surface area contributed by atoms with Crippen LogP contribution in [-0.4, -0.2) is 20.9 Å². The van der Waals surface area contributed by atoms with Crippen LogP contribution in [0.4, 0.5) is 8.78 Å². The van der Waals surface area contributed by atoms with Gasteiger partial charge in [0.25, 0.3) is 5.92 Å². The molecule has 1 N–H and O–H groups in total. The number of hydrogen-bond acceptors (Lipinski definition) is 2. The molecule has 0 fully saturated rings. The van der Waals surface area contributed by atoms with Crippen molar-refractivity contribution in [3.8, 4) is 5.69 Å². The number of hydrogen-bond donors (Lipinski definition) is 1. The van der Waals surface area contributed by atoms with Crippen LogP contribution in [-0.2, 0) is 10.7 Å². The van der Waals surface area contributed by atoms with Gasteiger partial charge in [-0.1, -0.05) is 18.2 Å².